The second kappa shape index (κ2) is 8.21. The fraction of sp³-hybridized carbons (Fsp3) is 0.263. The van der Waals surface area contributed by atoms with Crippen LogP contribution in [0.5, 0.6) is 11.5 Å². The van der Waals surface area contributed by atoms with Crippen molar-refractivity contribution in [3.8, 4) is 11.5 Å². The molecule has 1 heterocycles. The number of fused-ring (bicyclic) bond motifs is 1. The zero-order chi connectivity index (χ0) is 18.5. The molecule has 136 valence electrons. The first kappa shape index (κ1) is 18.2. The summed E-state index contributed by atoms with van der Waals surface area (Å²) in [5.41, 5.74) is 1.49. The van der Waals surface area contributed by atoms with Gasteiger partial charge in [0.25, 0.3) is 0 Å². The Kier molecular flexibility index (Phi) is 5.75. The van der Waals surface area contributed by atoms with Gasteiger partial charge >= 0.3 is 0 Å². The maximum atomic E-state index is 9.58. The number of hydrogen-bond acceptors (Lipinski definition) is 6. The van der Waals surface area contributed by atoms with E-state index >= 15 is 0 Å². The van der Waals surface area contributed by atoms with E-state index < -0.39 is 0 Å². The first-order chi connectivity index (χ1) is 12.6. The second-order valence-electron chi connectivity index (χ2n) is 5.93. The van der Waals surface area contributed by atoms with Gasteiger partial charge in [-0.3, -0.25) is 0 Å². The number of ether oxygens (including phenoxy) is 1. The van der Waals surface area contributed by atoms with Crippen LogP contribution in [0.4, 0.5) is 11.5 Å². The van der Waals surface area contributed by atoms with Gasteiger partial charge in [0.1, 0.15) is 30.3 Å². The van der Waals surface area contributed by atoms with Crippen LogP contribution in [0.1, 0.15) is 13.8 Å². The van der Waals surface area contributed by atoms with E-state index in [1.54, 1.807) is 12.1 Å². The molecule has 3 aromatic rings. The molecular weight excluding hydrogens is 352 g/mol. The molecule has 0 aliphatic carbocycles. The Morgan fingerprint density at radius 2 is 2.08 bits per heavy atom. The Bertz CT molecular complexity index is 899. The summed E-state index contributed by atoms with van der Waals surface area (Å²) in [6.07, 6.45) is 1.50. The van der Waals surface area contributed by atoms with Gasteiger partial charge in [0.05, 0.1) is 15.9 Å². The monoisotopic (exact) mass is 372 g/mol. The smallest absolute Gasteiger partial charge is 0.145 e. The average Bonchev–Trinajstić information content (AvgIpc) is 2.63. The molecule has 0 fully saturated rings. The number of phenols is 1. The number of hydrogen-bond donors (Lipinski definition) is 3. The maximum Gasteiger partial charge on any atom is 0.145 e. The molecular formula is C19H21ClN4O2. The largest absolute Gasteiger partial charge is 0.506 e. The molecule has 0 spiro atoms. The van der Waals surface area contributed by atoms with Crippen molar-refractivity contribution in [1.82, 2.24) is 15.3 Å². The standard InChI is InChI=1S/C19H21ClN4O2/c1-3-21-12(2)10-26-17-6-4-5-15-18(17)19(23-11-22-15)24-13-7-8-16(25)14(20)9-13/h4-9,11-12,21,25H,3,10H2,1-2H3,(H,22,23,24)/t12-/m1/s1. The van der Waals surface area contributed by atoms with Crippen molar-refractivity contribution in [2.24, 2.45) is 0 Å². The molecule has 6 nitrogen and oxygen atoms in total. The molecule has 0 aliphatic rings. The van der Waals surface area contributed by atoms with Crippen molar-refractivity contribution in [3.05, 3.63) is 47.7 Å². The van der Waals surface area contributed by atoms with Crippen LogP contribution in [0.3, 0.4) is 0 Å². The van der Waals surface area contributed by atoms with Crippen LogP contribution in [0.2, 0.25) is 5.02 Å². The molecule has 7 heteroatoms. The van der Waals surface area contributed by atoms with E-state index in [2.05, 4.69) is 34.4 Å². The highest BCUT2D eigenvalue weighted by molar-refractivity contribution is 6.32. The molecule has 26 heavy (non-hydrogen) atoms. The van der Waals surface area contributed by atoms with Crippen molar-refractivity contribution in [1.29, 1.82) is 0 Å². The summed E-state index contributed by atoms with van der Waals surface area (Å²) in [6, 6.07) is 10.8. The van der Waals surface area contributed by atoms with Crippen molar-refractivity contribution < 1.29 is 9.84 Å². The molecule has 0 saturated carbocycles. The van der Waals surface area contributed by atoms with Crippen LogP contribution >= 0.6 is 11.6 Å². The number of benzene rings is 2. The number of nitrogens with one attached hydrogen (secondary N) is 2. The maximum absolute atomic E-state index is 9.58. The van der Waals surface area contributed by atoms with Gasteiger partial charge in [0.15, 0.2) is 0 Å². The molecule has 0 unspecified atom stereocenters. The zero-order valence-corrected chi connectivity index (χ0v) is 15.4. The molecule has 1 aromatic heterocycles. The number of anilines is 2. The van der Waals surface area contributed by atoms with Crippen LogP contribution in [0, 0.1) is 0 Å². The summed E-state index contributed by atoms with van der Waals surface area (Å²) in [4.78, 5) is 8.68. The van der Waals surface area contributed by atoms with Crippen molar-refractivity contribution in [2.75, 3.05) is 18.5 Å². The van der Waals surface area contributed by atoms with E-state index in [0.717, 1.165) is 17.4 Å². The number of aromatic hydroxyl groups is 1. The van der Waals surface area contributed by atoms with E-state index in [0.29, 0.717) is 23.9 Å². The SMILES string of the molecule is CCN[C@H](C)COc1cccc2ncnc(Nc3ccc(O)c(Cl)c3)c12. The number of rotatable bonds is 7. The average molecular weight is 373 g/mol. The van der Waals surface area contributed by atoms with E-state index in [-0.39, 0.29) is 16.8 Å². The predicted octanol–water partition coefficient (Wildman–Crippen LogP) is 4.11. The lowest BCUT2D eigenvalue weighted by Crippen LogP contribution is -2.31. The number of halogens is 1. The minimum Gasteiger partial charge on any atom is -0.506 e. The van der Waals surface area contributed by atoms with Gasteiger partial charge in [0, 0.05) is 11.7 Å². The molecule has 2 aromatic carbocycles. The fourth-order valence-electron chi connectivity index (χ4n) is 2.64. The van der Waals surface area contributed by atoms with Gasteiger partial charge < -0.3 is 20.5 Å². The second-order valence-corrected chi connectivity index (χ2v) is 6.34. The highest BCUT2D eigenvalue weighted by Gasteiger charge is 2.12. The van der Waals surface area contributed by atoms with Gasteiger partial charge in [-0.15, -0.1) is 0 Å². The zero-order valence-electron chi connectivity index (χ0n) is 14.7. The lowest BCUT2D eigenvalue weighted by molar-refractivity contribution is 0.278. The Hall–Kier alpha value is -2.57. The first-order valence-corrected chi connectivity index (χ1v) is 8.81. The van der Waals surface area contributed by atoms with E-state index in [1.165, 1.54) is 12.4 Å². The normalized spacial score (nSPS) is 12.1. The van der Waals surface area contributed by atoms with Gasteiger partial charge in [-0.1, -0.05) is 24.6 Å². The summed E-state index contributed by atoms with van der Waals surface area (Å²) in [5.74, 6) is 1.36. The lowest BCUT2D eigenvalue weighted by atomic mass is 10.2. The number of likely N-dealkylation sites (N-methyl/N-ethyl adjacent to an activating group) is 1. The van der Waals surface area contributed by atoms with Crippen molar-refractivity contribution >= 4 is 34.0 Å². The Labute approximate surface area is 157 Å². The highest BCUT2D eigenvalue weighted by atomic mass is 35.5. The highest BCUT2D eigenvalue weighted by Crippen LogP contribution is 2.33. The first-order valence-electron chi connectivity index (χ1n) is 8.44. The molecule has 3 N–H and O–H groups in total. The molecule has 0 amide bonds. The van der Waals surface area contributed by atoms with Crippen LogP contribution < -0.4 is 15.4 Å². The third-order valence-electron chi connectivity index (χ3n) is 3.88. The van der Waals surface area contributed by atoms with Gasteiger partial charge in [0.2, 0.25) is 0 Å². The molecule has 1 atom stereocenters. The summed E-state index contributed by atoms with van der Waals surface area (Å²) >= 11 is 5.99. The van der Waals surface area contributed by atoms with Crippen LogP contribution in [-0.4, -0.2) is 34.3 Å². The molecule has 0 saturated heterocycles. The topological polar surface area (TPSA) is 79.3 Å². The molecule has 0 radical (unpaired) electrons. The Morgan fingerprint density at radius 1 is 1.23 bits per heavy atom. The third kappa shape index (κ3) is 4.15. The van der Waals surface area contributed by atoms with Crippen molar-refractivity contribution in [2.45, 2.75) is 19.9 Å². The molecule has 3 rings (SSSR count). The summed E-state index contributed by atoms with van der Waals surface area (Å²) in [7, 11) is 0. The number of nitrogens with zero attached hydrogens (tertiary/aromatic N) is 2. The molecule has 0 bridgehead atoms. The van der Waals surface area contributed by atoms with Crippen molar-refractivity contribution in [3.63, 3.8) is 0 Å². The van der Waals surface area contributed by atoms with E-state index in [4.69, 9.17) is 16.3 Å². The summed E-state index contributed by atoms with van der Waals surface area (Å²) in [6.45, 7) is 5.56. The van der Waals surface area contributed by atoms with Gasteiger partial charge in [-0.25, -0.2) is 9.97 Å². The van der Waals surface area contributed by atoms with Crippen LogP contribution in [0.25, 0.3) is 10.9 Å². The van der Waals surface area contributed by atoms with E-state index in [1.807, 2.05) is 18.2 Å². The summed E-state index contributed by atoms with van der Waals surface area (Å²) < 4.78 is 6.01. The van der Waals surface area contributed by atoms with Crippen LogP contribution in [-0.2, 0) is 0 Å². The number of aromatic nitrogens is 2. The minimum absolute atomic E-state index is 0.0335. The quantitative estimate of drug-likeness (QED) is 0.542. The molecule has 0 aliphatic heterocycles. The van der Waals surface area contributed by atoms with Gasteiger partial charge in [-0.05, 0) is 43.8 Å². The Balaban J connectivity index is 1.93. The van der Waals surface area contributed by atoms with E-state index in [9.17, 15) is 5.11 Å². The minimum atomic E-state index is 0.0335. The lowest BCUT2D eigenvalue weighted by Gasteiger charge is -2.16. The third-order valence-corrected chi connectivity index (χ3v) is 4.18. The van der Waals surface area contributed by atoms with Crippen LogP contribution in [0.15, 0.2) is 42.7 Å². The number of phenolic OH excluding ortho intramolecular Hbond substituents is 1. The predicted molar refractivity (Wildman–Crippen MR) is 105 cm³/mol. The van der Waals surface area contributed by atoms with Gasteiger partial charge in [-0.2, -0.15) is 0 Å². The fourth-order valence-corrected chi connectivity index (χ4v) is 2.82. The summed E-state index contributed by atoms with van der Waals surface area (Å²) in [5, 5.41) is 17.2. The Morgan fingerprint density at radius 3 is 2.85 bits per heavy atom.